The van der Waals surface area contributed by atoms with Gasteiger partial charge in [0.2, 0.25) is 5.89 Å². The number of nitrogens with zero attached hydrogens (tertiary/aromatic N) is 4. The van der Waals surface area contributed by atoms with Gasteiger partial charge in [0.15, 0.2) is 5.58 Å². The van der Waals surface area contributed by atoms with E-state index >= 15 is 0 Å². The van der Waals surface area contributed by atoms with Crippen molar-refractivity contribution in [1.82, 2.24) is 19.7 Å². The number of oxazole rings is 1. The topological polar surface area (TPSA) is 56.7 Å². The first kappa shape index (κ1) is 13.0. The van der Waals surface area contributed by atoms with E-state index in [0.717, 1.165) is 22.4 Å². The fourth-order valence-corrected chi connectivity index (χ4v) is 2.85. The van der Waals surface area contributed by atoms with Crippen LogP contribution in [0.15, 0.2) is 77.7 Å². The van der Waals surface area contributed by atoms with Crippen molar-refractivity contribution in [2.45, 2.75) is 0 Å². The van der Waals surface area contributed by atoms with Gasteiger partial charge in [0.05, 0.1) is 5.69 Å². The molecule has 2 aromatic heterocycles. The minimum atomic E-state index is 0.622. The highest BCUT2D eigenvalue weighted by Crippen LogP contribution is 2.28. The molecule has 0 spiro atoms. The summed E-state index contributed by atoms with van der Waals surface area (Å²) in [5.41, 5.74) is 3.48. The molecule has 0 N–H and O–H groups in total. The summed E-state index contributed by atoms with van der Waals surface area (Å²) in [7, 11) is 0. The molecule has 0 atom stereocenters. The minimum Gasteiger partial charge on any atom is -0.436 e. The lowest BCUT2D eigenvalue weighted by Crippen LogP contribution is -1.88. The van der Waals surface area contributed by atoms with E-state index in [2.05, 4.69) is 39.4 Å². The molecule has 5 rings (SSSR count). The number of aromatic nitrogens is 4. The van der Waals surface area contributed by atoms with Gasteiger partial charge in [-0.2, -0.15) is 0 Å². The number of hydrogen-bond donors (Lipinski definition) is 0. The van der Waals surface area contributed by atoms with Crippen LogP contribution in [0.5, 0.6) is 0 Å². The van der Waals surface area contributed by atoms with Crippen LogP contribution < -0.4 is 0 Å². The van der Waals surface area contributed by atoms with Gasteiger partial charge in [-0.05, 0) is 35.0 Å². The van der Waals surface area contributed by atoms with Crippen LogP contribution >= 0.6 is 0 Å². The minimum absolute atomic E-state index is 0.622. The Morgan fingerprint density at radius 3 is 2.50 bits per heavy atom. The van der Waals surface area contributed by atoms with E-state index in [1.54, 1.807) is 12.7 Å². The molecule has 0 saturated carbocycles. The van der Waals surface area contributed by atoms with Crippen molar-refractivity contribution in [1.29, 1.82) is 0 Å². The van der Waals surface area contributed by atoms with Gasteiger partial charge in [-0.3, -0.25) is 4.57 Å². The van der Waals surface area contributed by atoms with Gasteiger partial charge in [0.1, 0.15) is 18.2 Å². The Bertz CT molecular complexity index is 1160. The van der Waals surface area contributed by atoms with Crippen LogP contribution in [0, 0.1) is 0 Å². The van der Waals surface area contributed by atoms with Crippen LogP contribution in [0.25, 0.3) is 39.0 Å². The zero-order valence-electron chi connectivity index (χ0n) is 12.6. The molecular formula is C19H12N4O. The predicted molar refractivity (Wildman–Crippen MR) is 91.9 cm³/mol. The summed E-state index contributed by atoms with van der Waals surface area (Å²) in [5, 5.41) is 10.0. The smallest absolute Gasteiger partial charge is 0.227 e. The molecule has 0 bridgehead atoms. The van der Waals surface area contributed by atoms with Crippen LogP contribution in [-0.2, 0) is 0 Å². The third-order valence-corrected chi connectivity index (χ3v) is 4.09. The highest BCUT2D eigenvalue weighted by atomic mass is 16.3. The Hall–Kier alpha value is -3.47. The number of benzene rings is 3. The molecule has 3 aromatic carbocycles. The maximum absolute atomic E-state index is 5.98. The first-order valence-electron chi connectivity index (χ1n) is 7.62. The van der Waals surface area contributed by atoms with Crippen LogP contribution in [0.3, 0.4) is 0 Å². The molecule has 2 heterocycles. The van der Waals surface area contributed by atoms with E-state index in [-0.39, 0.29) is 0 Å². The Balaban J connectivity index is 1.63. The quantitative estimate of drug-likeness (QED) is 0.489. The molecule has 24 heavy (non-hydrogen) atoms. The van der Waals surface area contributed by atoms with Crippen LogP contribution in [-0.4, -0.2) is 19.7 Å². The van der Waals surface area contributed by atoms with Gasteiger partial charge >= 0.3 is 0 Å². The van der Waals surface area contributed by atoms with Gasteiger partial charge in [0.25, 0.3) is 0 Å². The molecule has 0 saturated heterocycles. The first-order valence-corrected chi connectivity index (χ1v) is 7.62. The van der Waals surface area contributed by atoms with Crippen molar-refractivity contribution in [3.63, 3.8) is 0 Å². The molecule has 0 aliphatic rings. The molecular weight excluding hydrogens is 300 g/mol. The monoisotopic (exact) mass is 312 g/mol. The Kier molecular flexibility index (Phi) is 2.72. The summed E-state index contributed by atoms with van der Waals surface area (Å²) in [4.78, 5) is 4.61. The molecule has 0 aliphatic carbocycles. The van der Waals surface area contributed by atoms with E-state index < -0.39 is 0 Å². The average Bonchev–Trinajstić information content (AvgIpc) is 3.30. The lowest BCUT2D eigenvalue weighted by Gasteiger charge is -1.99. The molecule has 0 unspecified atom stereocenters. The third-order valence-electron chi connectivity index (χ3n) is 4.09. The highest BCUT2D eigenvalue weighted by molar-refractivity contribution is 5.87. The van der Waals surface area contributed by atoms with E-state index in [4.69, 9.17) is 4.42 Å². The van der Waals surface area contributed by atoms with Crippen molar-refractivity contribution in [3.05, 3.63) is 73.3 Å². The van der Waals surface area contributed by atoms with Gasteiger partial charge in [-0.25, -0.2) is 4.98 Å². The highest BCUT2D eigenvalue weighted by Gasteiger charge is 2.10. The summed E-state index contributed by atoms with van der Waals surface area (Å²) in [6.07, 6.45) is 3.31. The third kappa shape index (κ3) is 2.06. The van der Waals surface area contributed by atoms with Crippen LogP contribution in [0.1, 0.15) is 0 Å². The van der Waals surface area contributed by atoms with Gasteiger partial charge in [-0.1, -0.05) is 30.3 Å². The summed E-state index contributed by atoms with van der Waals surface area (Å²) in [6.45, 7) is 0. The SMILES string of the molecule is c1ccc2cc(-c3nc4ccc(-n5cnnc5)cc4o3)ccc2c1. The van der Waals surface area contributed by atoms with Crippen LogP contribution in [0.4, 0.5) is 0 Å². The van der Waals surface area contributed by atoms with Crippen LogP contribution in [0.2, 0.25) is 0 Å². The average molecular weight is 312 g/mol. The Morgan fingerprint density at radius 2 is 1.62 bits per heavy atom. The second kappa shape index (κ2) is 5.03. The summed E-state index contributed by atoms with van der Waals surface area (Å²) < 4.78 is 7.81. The standard InChI is InChI=1S/C19H12N4O/c1-2-4-14-9-15(6-5-13(14)3-1)19-22-17-8-7-16(10-18(17)24-19)23-11-20-21-12-23/h1-12H. The summed E-state index contributed by atoms with van der Waals surface area (Å²) in [5.74, 6) is 0.622. The summed E-state index contributed by atoms with van der Waals surface area (Å²) >= 11 is 0. The fraction of sp³-hybridized carbons (Fsp3) is 0. The molecule has 0 fully saturated rings. The predicted octanol–water partition coefficient (Wildman–Crippen LogP) is 4.23. The number of hydrogen-bond acceptors (Lipinski definition) is 4. The van der Waals surface area contributed by atoms with Gasteiger partial charge < -0.3 is 4.42 Å². The second-order valence-corrected chi connectivity index (χ2v) is 5.60. The normalized spacial score (nSPS) is 11.3. The number of fused-ring (bicyclic) bond motifs is 2. The zero-order valence-corrected chi connectivity index (χ0v) is 12.6. The molecule has 114 valence electrons. The Labute approximate surface area is 137 Å². The zero-order chi connectivity index (χ0) is 15.9. The van der Waals surface area contributed by atoms with E-state index in [1.165, 1.54) is 10.8 Å². The van der Waals surface area contributed by atoms with E-state index in [9.17, 15) is 0 Å². The van der Waals surface area contributed by atoms with E-state index in [0.29, 0.717) is 5.89 Å². The van der Waals surface area contributed by atoms with Crippen molar-refractivity contribution in [2.24, 2.45) is 0 Å². The molecule has 5 aromatic rings. The second-order valence-electron chi connectivity index (χ2n) is 5.60. The molecule has 0 radical (unpaired) electrons. The van der Waals surface area contributed by atoms with Crippen molar-refractivity contribution < 1.29 is 4.42 Å². The van der Waals surface area contributed by atoms with Crippen molar-refractivity contribution >= 4 is 21.9 Å². The Morgan fingerprint density at radius 1 is 0.792 bits per heavy atom. The summed E-state index contributed by atoms with van der Waals surface area (Å²) in [6, 6.07) is 20.3. The molecule has 5 nitrogen and oxygen atoms in total. The molecule has 0 amide bonds. The first-order chi connectivity index (χ1) is 11.9. The number of rotatable bonds is 2. The van der Waals surface area contributed by atoms with Crippen molar-refractivity contribution in [2.75, 3.05) is 0 Å². The maximum atomic E-state index is 5.98. The maximum Gasteiger partial charge on any atom is 0.227 e. The van der Waals surface area contributed by atoms with Crippen molar-refractivity contribution in [3.8, 4) is 17.1 Å². The van der Waals surface area contributed by atoms with E-state index in [1.807, 2.05) is 41.0 Å². The lowest BCUT2D eigenvalue weighted by atomic mass is 10.1. The lowest BCUT2D eigenvalue weighted by molar-refractivity contribution is 0.619. The fourth-order valence-electron chi connectivity index (χ4n) is 2.85. The van der Waals surface area contributed by atoms with Gasteiger partial charge in [-0.15, -0.1) is 10.2 Å². The molecule has 5 heteroatoms. The molecule has 0 aliphatic heterocycles. The van der Waals surface area contributed by atoms with Gasteiger partial charge in [0, 0.05) is 11.6 Å². The largest absolute Gasteiger partial charge is 0.436 e.